The summed E-state index contributed by atoms with van der Waals surface area (Å²) < 4.78 is 0. The second-order valence-corrected chi connectivity index (χ2v) is 6.55. The van der Waals surface area contributed by atoms with Crippen LogP contribution in [0.2, 0.25) is 0 Å². The van der Waals surface area contributed by atoms with Crippen molar-refractivity contribution < 1.29 is 4.79 Å². The lowest BCUT2D eigenvalue weighted by Gasteiger charge is -2.39. The smallest absolute Gasteiger partial charge is 0.256 e. The number of carbonyl (C=O) groups is 1. The van der Waals surface area contributed by atoms with Gasteiger partial charge in [-0.3, -0.25) is 4.79 Å². The van der Waals surface area contributed by atoms with Gasteiger partial charge in [0.05, 0.1) is 5.56 Å². The molecular weight excluding hydrogens is 260 g/mol. The molecule has 2 aliphatic rings. The van der Waals surface area contributed by atoms with Gasteiger partial charge in [-0.25, -0.2) is 0 Å². The van der Waals surface area contributed by atoms with E-state index in [1.165, 1.54) is 19.3 Å². The molecule has 2 atom stereocenters. The third-order valence-corrected chi connectivity index (χ3v) is 5.01. The highest BCUT2D eigenvalue weighted by molar-refractivity contribution is 6.00. The van der Waals surface area contributed by atoms with Crippen molar-refractivity contribution >= 4 is 11.6 Å². The molecule has 21 heavy (non-hydrogen) atoms. The maximum atomic E-state index is 13.1. The first-order valence-electron chi connectivity index (χ1n) is 8.35. The molecule has 0 N–H and O–H groups in total. The Hall–Kier alpha value is -1.51. The van der Waals surface area contributed by atoms with E-state index in [-0.39, 0.29) is 5.91 Å². The van der Waals surface area contributed by atoms with Crippen LogP contribution in [0.1, 0.15) is 56.3 Å². The van der Waals surface area contributed by atoms with Gasteiger partial charge in [0.2, 0.25) is 0 Å². The molecule has 0 aromatic heterocycles. The Kier molecular flexibility index (Phi) is 4.18. The third kappa shape index (κ3) is 2.78. The molecule has 3 heteroatoms. The van der Waals surface area contributed by atoms with E-state index in [0.717, 1.165) is 37.2 Å². The SMILES string of the molecule is CC1CCCC(C)N1C(=O)c1ccccc1N1CCCC1. The summed E-state index contributed by atoms with van der Waals surface area (Å²) in [6.45, 7) is 6.53. The Morgan fingerprint density at radius 1 is 1.00 bits per heavy atom. The van der Waals surface area contributed by atoms with E-state index in [9.17, 15) is 4.79 Å². The highest BCUT2D eigenvalue weighted by Gasteiger charge is 2.31. The molecule has 0 spiro atoms. The summed E-state index contributed by atoms with van der Waals surface area (Å²) in [5, 5.41) is 0. The van der Waals surface area contributed by atoms with Crippen LogP contribution in [0.15, 0.2) is 24.3 Å². The first kappa shape index (κ1) is 14.4. The maximum absolute atomic E-state index is 13.1. The average Bonchev–Trinajstić information content (AvgIpc) is 3.01. The van der Waals surface area contributed by atoms with E-state index >= 15 is 0 Å². The molecule has 2 unspecified atom stereocenters. The molecule has 1 aromatic carbocycles. The van der Waals surface area contributed by atoms with Gasteiger partial charge in [0, 0.05) is 30.9 Å². The van der Waals surface area contributed by atoms with Gasteiger partial charge in [-0.1, -0.05) is 12.1 Å². The lowest BCUT2D eigenvalue weighted by Crippen LogP contribution is -2.47. The van der Waals surface area contributed by atoms with Gasteiger partial charge in [-0.2, -0.15) is 0 Å². The molecule has 1 amide bonds. The van der Waals surface area contributed by atoms with Crippen LogP contribution < -0.4 is 4.90 Å². The molecule has 2 heterocycles. The Bertz CT molecular complexity index is 498. The number of para-hydroxylation sites is 1. The molecule has 3 rings (SSSR count). The van der Waals surface area contributed by atoms with Crippen molar-refractivity contribution in [3.8, 4) is 0 Å². The predicted molar refractivity (Wildman–Crippen MR) is 86.8 cm³/mol. The summed E-state index contributed by atoms with van der Waals surface area (Å²) in [7, 11) is 0. The van der Waals surface area contributed by atoms with Gasteiger partial charge in [0.15, 0.2) is 0 Å². The van der Waals surface area contributed by atoms with Gasteiger partial charge >= 0.3 is 0 Å². The van der Waals surface area contributed by atoms with Crippen molar-refractivity contribution in [2.75, 3.05) is 18.0 Å². The minimum absolute atomic E-state index is 0.220. The number of nitrogens with zero attached hydrogens (tertiary/aromatic N) is 2. The van der Waals surface area contributed by atoms with Crippen molar-refractivity contribution in [2.45, 2.75) is 58.0 Å². The Balaban J connectivity index is 1.90. The lowest BCUT2D eigenvalue weighted by atomic mass is 9.96. The molecule has 2 fully saturated rings. The van der Waals surface area contributed by atoms with Gasteiger partial charge in [-0.05, 0) is 58.1 Å². The first-order valence-corrected chi connectivity index (χ1v) is 8.35. The number of carbonyl (C=O) groups excluding carboxylic acids is 1. The van der Waals surface area contributed by atoms with Crippen molar-refractivity contribution in [2.24, 2.45) is 0 Å². The maximum Gasteiger partial charge on any atom is 0.256 e. The lowest BCUT2D eigenvalue weighted by molar-refractivity contribution is 0.0511. The highest BCUT2D eigenvalue weighted by Crippen LogP contribution is 2.29. The Morgan fingerprint density at radius 3 is 2.29 bits per heavy atom. The van der Waals surface area contributed by atoms with Crippen LogP contribution in [0.4, 0.5) is 5.69 Å². The van der Waals surface area contributed by atoms with Gasteiger partial charge < -0.3 is 9.80 Å². The third-order valence-electron chi connectivity index (χ3n) is 5.01. The van der Waals surface area contributed by atoms with Crippen LogP contribution >= 0.6 is 0 Å². The molecule has 114 valence electrons. The van der Waals surface area contributed by atoms with E-state index in [1.54, 1.807) is 0 Å². The fraction of sp³-hybridized carbons (Fsp3) is 0.611. The number of piperidine rings is 1. The first-order chi connectivity index (χ1) is 10.2. The summed E-state index contributed by atoms with van der Waals surface area (Å²) in [6, 6.07) is 8.86. The average molecular weight is 286 g/mol. The minimum Gasteiger partial charge on any atom is -0.371 e. The fourth-order valence-corrected chi connectivity index (χ4v) is 3.85. The largest absolute Gasteiger partial charge is 0.371 e. The van der Waals surface area contributed by atoms with Gasteiger partial charge in [-0.15, -0.1) is 0 Å². The van der Waals surface area contributed by atoms with Gasteiger partial charge in [0.25, 0.3) is 5.91 Å². The van der Waals surface area contributed by atoms with Crippen molar-refractivity contribution in [3.05, 3.63) is 29.8 Å². The van der Waals surface area contributed by atoms with Crippen LogP contribution in [0.25, 0.3) is 0 Å². The van der Waals surface area contributed by atoms with Crippen molar-refractivity contribution in [1.29, 1.82) is 0 Å². The standard InChI is InChI=1S/C18H26N2O/c1-14-8-7-9-15(2)20(14)18(21)16-10-3-4-11-17(16)19-12-5-6-13-19/h3-4,10-11,14-15H,5-9,12-13H2,1-2H3. The van der Waals surface area contributed by atoms with Crippen LogP contribution in [-0.2, 0) is 0 Å². The molecule has 0 bridgehead atoms. The van der Waals surface area contributed by atoms with Crippen LogP contribution in [-0.4, -0.2) is 36.0 Å². The fourth-order valence-electron chi connectivity index (χ4n) is 3.85. The van der Waals surface area contributed by atoms with E-state index in [4.69, 9.17) is 0 Å². The summed E-state index contributed by atoms with van der Waals surface area (Å²) in [5.41, 5.74) is 2.02. The van der Waals surface area contributed by atoms with E-state index in [1.807, 2.05) is 18.2 Å². The van der Waals surface area contributed by atoms with Crippen LogP contribution in [0.3, 0.4) is 0 Å². The zero-order valence-electron chi connectivity index (χ0n) is 13.2. The normalized spacial score (nSPS) is 26.2. The second kappa shape index (κ2) is 6.08. The topological polar surface area (TPSA) is 23.6 Å². The summed E-state index contributed by atoms with van der Waals surface area (Å²) in [5.74, 6) is 0.220. The molecule has 2 aliphatic heterocycles. The van der Waals surface area contributed by atoms with E-state index in [2.05, 4.69) is 29.7 Å². The number of benzene rings is 1. The number of amides is 1. The molecule has 3 nitrogen and oxygen atoms in total. The minimum atomic E-state index is 0.220. The molecular formula is C18H26N2O. The predicted octanol–water partition coefficient (Wildman–Crippen LogP) is 3.69. The zero-order valence-corrected chi connectivity index (χ0v) is 13.2. The van der Waals surface area contributed by atoms with Crippen molar-refractivity contribution in [3.63, 3.8) is 0 Å². The molecule has 1 aromatic rings. The number of hydrogen-bond donors (Lipinski definition) is 0. The molecule has 0 aliphatic carbocycles. The monoisotopic (exact) mass is 286 g/mol. The summed E-state index contributed by atoms with van der Waals surface area (Å²) in [4.78, 5) is 17.6. The Morgan fingerprint density at radius 2 is 1.62 bits per heavy atom. The zero-order chi connectivity index (χ0) is 14.8. The highest BCUT2D eigenvalue weighted by atomic mass is 16.2. The molecule has 2 saturated heterocycles. The van der Waals surface area contributed by atoms with Crippen LogP contribution in [0.5, 0.6) is 0 Å². The van der Waals surface area contributed by atoms with Gasteiger partial charge in [0.1, 0.15) is 0 Å². The number of anilines is 1. The van der Waals surface area contributed by atoms with Crippen molar-refractivity contribution in [1.82, 2.24) is 4.90 Å². The Labute approximate surface area is 127 Å². The number of rotatable bonds is 2. The number of likely N-dealkylation sites (tertiary alicyclic amines) is 1. The quantitative estimate of drug-likeness (QED) is 0.828. The van der Waals surface area contributed by atoms with E-state index in [0.29, 0.717) is 12.1 Å². The summed E-state index contributed by atoms with van der Waals surface area (Å²) in [6.07, 6.45) is 5.96. The van der Waals surface area contributed by atoms with Crippen LogP contribution in [0, 0.1) is 0 Å². The summed E-state index contributed by atoms with van der Waals surface area (Å²) >= 11 is 0. The van der Waals surface area contributed by atoms with E-state index < -0.39 is 0 Å². The second-order valence-electron chi connectivity index (χ2n) is 6.55. The molecule has 0 saturated carbocycles. The number of hydrogen-bond acceptors (Lipinski definition) is 2. The molecule has 0 radical (unpaired) electrons.